The zero-order valence-corrected chi connectivity index (χ0v) is 15.0. The molecule has 0 aliphatic heterocycles. The minimum absolute atomic E-state index is 0.0245. The van der Waals surface area contributed by atoms with Gasteiger partial charge in [0, 0.05) is 37.1 Å². The van der Waals surface area contributed by atoms with Crippen molar-refractivity contribution in [3.05, 3.63) is 60.2 Å². The van der Waals surface area contributed by atoms with E-state index in [0.29, 0.717) is 18.7 Å². The number of carbonyl (C=O) groups excluding carboxylic acids is 2. The number of carbonyl (C=O) groups is 2. The fraction of sp³-hybridized carbons (Fsp3) is 0.300. The molecule has 0 aliphatic rings. The van der Waals surface area contributed by atoms with Gasteiger partial charge in [-0.05, 0) is 50.2 Å². The first-order chi connectivity index (χ1) is 12.1. The fourth-order valence-corrected chi connectivity index (χ4v) is 2.52. The van der Waals surface area contributed by atoms with E-state index in [-0.39, 0.29) is 18.4 Å². The second-order valence-electron chi connectivity index (χ2n) is 5.70. The Morgan fingerprint density at radius 3 is 2.08 bits per heavy atom. The minimum atomic E-state index is -0.0329. The van der Waals surface area contributed by atoms with Crippen LogP contribution in [0.1, 0.15) is 24.2 Å². The van der Waals surface area contributed by atoms with Crippen LogP contribution in [-0.2, 0) is 4.79 Å². The molecule has 2 aromatic carbocycles. The van der Waals surface area contributed by atoms with Crippen molar-refractivity contribution in [2.45, 2.75) is 13.8 Å². The van der Waals surface area contributed by atoms with Gasteiger partial charge < -0.3 is 15.1 Å². The molecule has 0 fully saturated rings. The molecule has 0 spiro atoms. The third kappa shape index (κ3) is 4.83. The molecule has 132 valence electrons. The van der Waals surface area contributed by atoms with E-state index in [2.05, 4.69) is 5.32 Å². The molecule has 25 heavy (non-hydrogen) atoms. The van der Waals surface area contributed by atoms with Crippen LogP contribution in [-0.4, -0.2) is 43.4 Å². The molecule has 0 saturated heterocycles. The Balaban J connectivity index is 1.93. The highest BCUT2D eigenvalue weighted by Crippen LogP contribution is 2.13. The Morgan fingerprint density at radius 1 is 0.920 bits per heavy atom. The number of likely N-dealkylation sites (N-methyl/N-ethyl adjacent to an activating group) is 1. The first-order valence-corrected chi connectivity index (χ1v) is 8.51. The number of hydrogen-bond acceptors (Lipinski definition) is 3. The Morgan fingerprint density at radius 2 is 1.52 bits per heavy atom. The van der Waals surface area contributed by atoms with E-state index in [0.717, 1.165) is 11.4 Å². The number of nitrogens with zero attached hydrogens (tertiary/aromatic N) is 2. The summed E-state index contributed by atoms with van der Waals surface area (Å²) in [5.41, 5.74) is 2.32. The Labute approximate surface area is 149 Å². The van der Waals surface area contributed by atoms with Crippen molar-refractivity contribution in [1.82, 2.24) is 4.90 Å². The highest BCUT2D eigenvalue weighted by molar-refractivity contribution is 5.96. The monoisotopic (exact) mass is 339 g/mol. The summed E-state index contributed by atoms with van der Waals surface area (Å²) in [6.45, 7) is 5.50. The molecule has 0 heterocycles. The highest BCUT2D eigenvalue weighted by atomic mass is 16.2. The van der Waals surface area contributed by atoms with E-state index in [1.54, 1.807) is 29.0 Å². The lowest BCUT2D eigenvalue weighted by Gasteiger charge is -2.19. The fourth-order valence-electron chi connectivity index (χ4n) is 2.52. The van der Waals surface area contributed by atoms with E-state index in [9.17, 15) is 9.59 Å². The zero-order chi connectivity index (χ0) is 18.2. The van der Waals surface area contributed by atoms with Crippen LogP contribution >= 0.6 is 0 Å². The maximum atomic E-state index is 12.3. The van der Waals surface area contributed by atoms with Crippen molar-refractivity contribution in [2.75, 3.05) is 36.9 Å². The summed E-state index contributed by atoms with van der Waals surface area (Å²) in [6.07, 6.45) is 0. The average Bonchev–Trinajstić information content (AvgIpc) is 2.67. The quantitative estimate of drug-likeness (QED) is 0.842. The lowest BCUT2D eigenvalue weighted by molar-refractivity contribution is -0.116. The molecule has 2 rings (SSSR count). The molecule has 0 atom stereocenters. The summed E-state index contributed by atoms with van der Waals surface area (Å²) in [7, 11) is 1.76. The number of hydrogen-bond donors (Lipinski definition) is 1. The van der Waals surface area contributed by atoms with Crippen molar-refractivity contribution in [1.29, 1.82) is 0 Å². The van der Waals surface area contributed by atoms with Crippen LogP contribution in [0, 0.1) is 0 Å². The van der Waals surface area contributed by atoms with Gasteiger partial charge in [0.2, 0.25) is 5.91 Å². The van der Waals surface area contributed by atoms with Gasteiger partial charge in [-0.1, -0.05) is 18.2 Å². The molecular weight excluding hydrogens is 314 g/mol. The SMILES string of the molecule is CCN(CC)C(=O)c1ccc(NCC(=O)N(C)c2ccccc2)cc1. The molecule has 0 radical (unpaired) electrons. The summed E-state index contributed by atoms with van der Waals surface area (Å²) in [6, 6.07) is 16.7. The lowest BCUT2D eigenvalue weighted by atomic mass is 10.1. The molecule has 0 saturated carbocycles. The predicted octanol–water partition coefficient (Wildman–Crippen LogP) is 3.24. The van der Waals surface area contributed by atoms with Crippen molar-refractivity contribution < 1.29 is 9.59 Å². The van der Waals surface area contributed by atoms with E-state index in [4.69, 9.17) is 0 Å². The molecule has 1 N–H and O–H groups in total. The van der Waals surface area contributed by atoms with Gasteiger partial charge in [-0.15, -0.1) is 0 Å². The summed E-state index contributed by atoms with van der Waals surface area (Å²) in [4.78, 5) is 27.9. The van der Waals surface area contributed by atoms with E-state index in [1.165, 1.54) is 0 Å². The Hall–Kier alpha value is -2.82. The second-order valence-corrected chi connectivity index (χ2v) is 5.70. The number of benzene rings is 2. The number of amides is 2. The third-order valence-corrected chi connectivity index (χ3v) is 4.14. The second kappa shape index (κ2) is 8.87. The predicted molar refractivity (Wildman–Crippen MR) is 102 cm³/mol. The largest absolute Gasteiger partial charge is 0.376 e. The molecule has 2 amide bonds. The van der Waals surface area contributed by atoms with Crippen LogP contribution in [0.5, 0.6) is 0 Å². The molecular formula is C20H25N3O2. The Bertz CT molecular complexity index is 695. The van der Waals surface area contributed by atoms with Crippen LogP contribution in [0.3, 0.4) is 0 Å². The van der Waals surface area contributed by atoms with E-state index >= 15 is 0 Å². The standard InChI is InChI=1S/C20H25N3O2/c1-4-23(5-2)20(25)16-11-13-17(14-12-16)21-15-19(24)22(3)18-9-7-6-8-10-18/h6-14,21H,4-5,15H2,1-3H3. The number of para-hydroxylation sites is 1. The number of anilines is 2. The summed E-state index contributed by atoms with van der Waals surface area (Å²) >= 11 is 0. The average molecular weight is 339 g/mol. The smallest absolute Gasteiger partial charge is 0.253 e. The van der Waals surface area contributed by atoms with Crippen LogP contribution in [0.15, 0.2) is 54.6 Å². The van der Waals surface area contributed by atoms with Gasteiger partial charge in [0.15, 0.2) is 0 Å². The molecule has 5 nitrogen and oxygen atoms in total. The summed E-state index contributed by atoms with van der Waals surface area (Å²) in [5.74, 6) is -0.00840. The van der Waals surface area contributed by atoms with Gasteiger partial charge in [0.05, 0.1) is 6.54 Å². The molecule has 0 aliphatic carbocycles. The van der Waals surface area contributed by atoms with Crippen molar-refractivity contribution >= 4 is 23.2 Å². The topological polar surface area (TPSA) is 52.7 Å². The molecule has 0 unspecified atom stereocenters. The minimum Gasteiger partial charge on any atom is -0.376 e. The van der Waals surface area contributed by atoms with Crippen molar-refractivity contribution in [3.63, 3.8) is 0 Å². The first-order valence-electron chi connectivity index (χ1n) is 8.51. The van der Waals surface area contributed by atoms with E-state index < -0.39 is 0 Å². The molecule has 2 aromatic rings. The van der Waals surface area contributed by atoms with Crippen LogP contribution in [0.25, 0.3) is 0 Å². The normalized spacial score (nSPS) is 10.2. The molecule has 0 bridgehead atoms. The van der Waals surface area contributed by atoms with Gasteiger partial charge in [0.1, 0.15) is 0 Å². The van der Waals surface area contributed by atoms with Gasteiger partial charge in [-0.3, -0.25) is 9.59 Å². The van der Waals surface area contributed by atoms with Gasteiger partial charge >= 0.3 is 0 Å². The third-order valence-electron chi connectivity index (χ3n) is 4.14. The number of nitrogens with one attached hydrogen (secondary N) is 1. The number of rotatable bonds is 7. The first kappa shape index (κ1) is 18.5. The van der Waals surface area contributed by atoms with Crippen LogP contribution < -0.4 is 10.2 Å². The molecule has 5 heteroatoms. The van der Waals surface area contributed by atoms with Crippen LogP contribution in [0.4, 0.5) is 11.4 Å². The van der Waals surface area contributed by atoms with Gasteiger partial charge in [0.25, 0.3) is 5.91 Å². The molecule has 0 aromatic heterocycles. The van der Waals surface area contributed by atoms with Crippen molar-refractivity contribution in [3.8, 4) is 0 Å². The van der Waals surface area contributed by atoms with E-state index in [1.807, 2.05) is 56.3 Å². The highest BCUT2D eigenvalue weighted by Gasteiger charge is 2.13. The summed E-state index contributed by atoms with van der Waals surface area (Å²) in [5, 5.41) is 3.10. The zero-order valence-electron chi connectivity index (χ0n) is 15.0. The van der Waals surface area contributed by atoms with Crippen LogP contribution in [0.2, 0.25) is 0 Å². The summed E-state index contributed by atoms with van der Waals surface area (Å²) < 4.78 is 0. The maximum absolute atomic E-state index is 12.3. The maximum Gasteiger partial charge on any atom is 0.253 e. The Kier molecular flexibility index (Phi) is 6.57. The lowest BCUT2D eigenvalue weighted by Crippen LogP contribution is -2.32. The van der Waals surface area contributed by atoms with Gasteiger partial charge in [-0.2, -0.15) is 0 Å². The van der Waals surface area contributed by atoms with Gasteiger partial charge in [-0.25, -0.2) is 0 Å². The van der Waals surface area contributed by atoms with Crippen molar-refractivity contribution in [2.24, 2.45) is 0 Å².